The van der Waals surface area contributed by atoms with Gasteiger partial charge in [0, 0.05) is 23.4 Å². The molecular formula is C27H26FN3O3. The highest BCUT2D eigenvalue weighted by Gasteiger charge is 2.42. The van der Waals surface area contributed by atoms with Crippen molar-refractivity contribution in [1.29, 1.82) is 0 Å². The molecule has 2 heterocycles. The molecule has 34 heavy (non-hydrogen) atoms. The van der Waals surface area contributed by atoms with Crippen LogP contribution in [-0.4, -0.2) is 18.2 Å². The highest BCUT2D eigenvalue weighted by Crippen LogP contribution is 2.48. The minimum atomic E-state index is -0.581. The topological polar surface area (TPSA) is 74.6 Å². The summed E-state index contributed by atoms with van der Waals surface area (Å²) in [5, 5.41) is 6.26. The van der Waals surface area contributed by atoms with Crippen molar-refractivity contribution in [2.75, 3.05) is 22.1 Å². The average Bonchev–Trinajstić information content (AvgIpc) is 3.25. The standard InChI is InChI=1S/C27H26FN3O3/c1-27(2)14-20-25(22(32)15-27)26(23-11-6-12-34-23)31(21-10-4-3-9-19(21)30-20)16-24(33)29-18-8-5-7-17(28)13-18/h3-13,26,30H,14-16H2,1-2H3,(H,29,33)/t26-/m0/s1. The molecule has 0 saturated heterocycles. The Morgan fingerprint density at radius 1 is 1.15 bits per heavy atom. The van der Waals surface area contributed by atoms with Gasteiger partial charge in [-0.2, -0.15) is 0 Å². The Hall–Kier alpha value is -3.87. The molecule has 1 aliphatic carbocycles. The quantitative estimate of drug-likeness (QED) is 0.526. The maximum Gasteiger partial charge on any atom is 0.243 e. The van der Waals surface area contributed by atoms with Crippen molar-refractivity contribution >= 4 is 28.8 Å². The SMILES string of the molecule is CC1(C)CC(=O)C2=C(C1)Nc1ccccc1N(CC(=O)Nc1cccc(F)c1)[C@H]2c1ccco1. The third-order valence-corrected chi connectivity index (χ3v) is 6.24. The van der Waals surface area contributed by atoms with Gasteiger partial charge in [0.1, 0.15) is 17.6 Å². The van der Waals surface area contributed by atoms with E-state index in [1.165, 1.54) is 12.1 Å². The van der Waals surface area contributed by atoms with Crippen LogP contribution in [0.5, 0.6) is 0 Å². The molecule has 3 aromatic rings. The Bertz CT molecular complexity index is 1280. The van der Waals surface area contributed by atoms with E-state index in [2.05, 4.69) is 24.5 Å². The summed E-state index contributed by atoms with van der Waals surface area (Å²) in [7, 11) is 0. The average molecular weight is 460 g/mol. The first-order valence-electron chi connectivity index (χ1n) is 11.3. The molecule has 0 spiro atoms. The first kappa shape index (κ1) is 21.9. The van der Waals surface area contributed by atoms with E-state index >= 15 is 0 Å². The Labute approximate surface area is 197 Å². The van der Waals surface area contributed by atoms with Crippen molar-refractivity contribution < 1.29 is 18.4 Å². The lowest BCUT2D eigenvalue weighted by molar-refractivity contribution is -0.119. The van der Waals surface area contributed by atoms with Gasteiger partial charge in [-0.1, -0.05) is 32.0 Å². The van der Waals surface area contributed by atoms with E-state index in [4.69, 9.17) is 4.42 Å². The highest BCUT2D eigenvalue weighted by atomic mass is 19.1. The molecule has 1 atom stereocenters. The number of nitrogens with zero attached hydrogens (tertiary/aromatic N) is 1. The lowest BCUT2D eigenvalue weighted by Crippen LogP contribution is -2.40. The summed E-state index contributed by atoms with van der Waals surface area (Å²) in [5.41, 5.74) is 3.24. The minimum Gasteiger partial charge on any atom is -0.467 e. The third-order valence-electron chi connectivity index (χ3n) is 6.24. The van der Waals surface area contributed by atoms with E-state index in [0.717, 1.165) is 17.1 Å². The first-order valence-corrected chi connectivity index (χ1v) is 11.3. The van der Waals surface area contributed by atoms with Gasteiger partial charge >= 0.3 is 0 Å². The van der Waals surface area contributed by atoms with Crippen LogP contribution in [-0.2, 0) is 9.59 Å². The van der Waals surface area contributed by atoms with Crippen molar-refractivity contribution in [3.05, 3.63) is 89.8 Å². The van der Waals surface area contributed by atoms with Crippen LogP contribution in [0.25, 0.3) is 0 Å². The van der Waals surface area contributed by atoms with Crippen LogP contribution >= 0.6 is 0 Å². The summed E-state index contributed by atoms with van der Waals surface area (Å²) in [5.74, 6) is -0.147. The number of amides is 1. The van der Waals surface area contributed by atoms with Crippen LogP contribution in [0.4, 0.5) is 21.5 Å². The molecular weight excluding hydrogens is 433 g/mol. The maximum atomic E-state index is 13.6. The number of halogens is 1. The predicted octanol–water partition coefficient (Wildman–Crippen LogP) is 5.67. The van der Waals surface area contributed by atoms with Gasteiger partial charge in [-0.05, 0) is 54.3 Å². The number of fused-ring (bicyclic) bond motifs is 1. The summed E-state index contributed by atoms with van der Waals surface area (Å²) in [6.45, 7) is 4.10. The zero-order valence-electron chi connectivity index (χ0n) is 19.1. The molecule has 5 rings (SSSR count). The first-order chi connectivity index (χ1) is 16.3. The van der Waals surface area contributed by atoms with Crippen LogP contribution in [0, 0.1) is 11.2 Å². The fourth-order valence-corrected chi connectivity index (χ4v) is 4.89. The van der Waals surface area contributed by atoms with Gasteiger partial charge in [-0.25, -0.2) is 4.39 Å². The molecule has 2 aliphatic rings. The number of ketones is 1. The minimum absolute atomic E-state index is 0.0310. The largest absolute Gasteiger partial charge is 0.467 e. The molecule has 0 radical (unpaired) electrons. The second kappa shape index (κ2) is 8.48. The lowest BCUT2D eigenvalue weighted by atomic mass is 9.74. The predicted molar refractivity (Wildman–Crippen MR) is 129 cm³/mol. The van der Waals surface area contributed by atoms with Gasteiger partial charge in [0.25, 0.3) is 0 Å². The summed E-state index contributed by atoms with van der Waals surface area (Å²) < 4.78 is 19.4. The van der Waals surface area contributed by atoms with Gasteiger partial charge in [0.05, 0.1) is 24.2 Å². The number of allylic oxidation sites excluding steroid dienone is 1. The second-order valence-electron chi connectivity index (χ2n) is 9.58. The maximum absolute atomic E-state index is 13.6. The smallest absolute Gasteiger partial charge is 0.243 e. The molecule has 2 N–H and O–H groups in total. The molecule has 0 unspecified atom stereocenters. The molecule has 1 amide bonds. The van der Waals surface area contributed by atoms with Crippen LogP contribution in [0.2, 0.25) is 0 Å². The monoisotopic (exact) mass is 459 g/mol. The lowest BCUT2D eigenvalue weighted by Gasteiger charge is -2.36. The van der Waals surface area contributed by atoms with Crippen molar-refractivity contribution in [2.24, 2.45) is 5.41 Å². The number of rotatable bonds is 4. The molecule has 0 saturated carbocycles. The molecule has 0 fully saturated rings. The molecule has 6 nitrogen and oxygen atoms in total. The molecule has 1 aromatic heterocycles. The van der Waals surface area contributed by atoms with Gasteiger partial charge < -0.3 is 20.0 Å². The van der Waals surface area contributed by atoms with E-state index in [0.29, 0.717) is 29.9 Å². The fourth-order valence-electron chi connectivity index (χ4n) is 4.89. The number of benzene rings is 2. The van der Waals surface area contributed by atoms with Gasteiger partial charge in [-0.3, -0.25) is 9.59 Å². The van der Waals surface area contributed by atoms with Crippen LogP contribution < -0.4 is 15.5 Å². The highest BCUT2D eigenvalue weighted by molar-refractivity contribution is 6.02. The zero-order valence-corrected chi connectivity index (χ0v) is 19.1. The van der Waals surface area contributed by atoms with E-state index < -0.39 is 11.9 Å². The molecule has 2 aromatic carbocycles. The third kappa shape index (κ3) is 4.21. The number of carbonyl (C=O) groups excluding carboxylic acids is 2. The van der Waals surface area contributed by atoms with Crippen LogP contribution in [0.1, 0.15) is 38.5 Å². The Morgan fingerprint density at radius 2 is 1.97 bits per heavy atom. The van der Waals surface area contributed by atoms with E-state index in [1.54, 1.807) is 24.5 Å². The molecule has 174 valence electrons. The number of hydrogen-bond donors (Lipinski definition) is 2. The Balaban J connectivity index is 1.60. The molecule has 0 bridgehead atoms. The number of carbonyl (C=O) groups is 2. The summed E-state index contributed by atoms with van der Waals surface area (Å²) in [6, 6.07) is 16.5. The van der Waals surface area contributed by atoms with E-state index in [9.17, 15) is 14.0 Å². The fraction of sp³-hybridized carbons (Fsp3) is 0.259. The molecule has 7 heteroatoms. The number of furan rings is 1. The van der Waals surface area contributed by atoms with Crippen molar-refractivity contribution in [1.82, 2.24) is 0 Å². The van der Waals surface area contributed by atoms with Gasteiger partial charge in [0.15, 0.2) is 5.78 Å². The Kier molecular flexibility index (Phi) is 5.48. The van der Waals surface area contributed by atoms with Gasteiger partial charge in [0.2, 0.25) is 5.91 Å². The van der Waals surface area contributed by atoms with E-state index in [-0.39, 0.29) is 23.7 Å². The zero-order chi connectivity index (χ0) is 23.9. The van der Waals surface area contributed by atoms with E-state index in [1.807, 2.05) is 35.2 Å². The summed E-state index contributed by atoms with van der Waals surface area (Å²) >= 11 is 0. The van der Waals surface area contributed by atoms with Crippen molar-refractivity contribution in [3.8, 4) is 0 Å². The van der Waals surface area contributed by atoms with Gasteiger partial charge in [-0.15, -0.1) is 0 Å². The number of hydrogen-bond acceptors (Lipinski definition) is 5. The number of nitrogens with one attached hydrogen (secondary N) is 2. The van der Waals surface area contributed by atoms with Crippen molar-refractivity contribution in [3.63, 3.8) is 0 Å². The van der Waals surface area contributed by atoms with Crippen molar-refractivity contribution in [2.45, 2.75) is 32.7 Å². The number of para-hydroxylation sites is 2. The summed E-state index contributed by atoms with van der Waals surface area (Å²) in [6.07, 6.45) is 2.68. The summed E-state index contributed by atoms with van der Waals surface area (Å²) in [4.78, 5) is 28.5. The second-order valence-corrected chi connectivity index (χ2v) is 9.58. The number of anilines is 3. The Morgan fingerprint density at radius 3 is 2.74 bits per heavy atom. The molecule has 1 aliphatic heterocycles. The number of Topliss-reactive ketones (excluding diaryl/α,β-unsaturated/α-hetero) is 1. The van der Waals surface area contributed by atoms with Crippen LogP contribution in [0.3, 0.4) is 0 Å². The normalized spacial score (nSPS) is 19.1. The van der Waals surface area contributed by atoms with Crippen LogP contribution in [0.15, 0.2) is 82.6 Å².